The Kier molecular flexibility index (Phi) is 6.41. The highest BCUT2D eigenvalue weighted by molar-refractivity contribution is 6.00. The lowest BCUT2D eigenvalue weighted by Crippen LogP contribution is -2.24. The van der Waals surface area contributed by atoms with Crippen molar-refractivity contribution >= 4 is 17.3 Å². The molecule has 2 aromatic carbocycles. The first kappa shape index (κ1) is 18.3. The van der Waals surface area contributed by atoms with E-state index in [0.717, 1.165) is 0 Å². The third-order valence-corrected chi connectivity index (χ3v) is 3.45. The van der Waals surface area contributed by atoms with Crippen molar-refractivity contribution in [2.75, 3.05) is 25.6 Å². The second-order valence-electron chi connectivity index (χ2n) is 5.22. The van der Waals surface area contributed by atoms with E-state index in [1.54, 1.807) is 19.2 Å². The van der Waals surface area contributed by atoms with Crippen LogP contribution in [0.5, 0.6) is 0 Å². The van der Waals surface area contributed by atoms with Gasteiger partial charge >= 0.3 is 0 Å². The number of nitrogens with zero attached hydrogens (tertiary/aromatic N) is 1. The highest BCUT2D eigenvalue weighted by Gasteiger charge is 2.16. The zero-order valence-corrected chi connectivity index (χ0v) is 13.6. The van der Waals surface area contributed by atoms with Crippen molar-refractivity contribution in [3.05, 3.63) is 69.5 Å². The fraction of sp³-hybridized carbons (Fsp3) is 0.235. The van der Waals surface area contributed by atoms with Crippen LogP contribution >= 0.6 is 0 Å². The maximum Gasteiger partial charge on any atom is 0.270 e. The molecule has 0 heterocycles. The van der Waals surface area contributed by atoms with Crippen LogP contribution in [-0.4, -0.2) is 31.1 Å². The van der Waals surface area contributed by atoms with Gasteiger partial charge in [-0.15, -0.1) is 0 Å². The van der Waals surface area contributed by atoms with Gasteiger partial charge in [0.25, 0.3) is 11.6 Å². The van der Waals surface area contributed by atoms with E-state index < -0.39 is 10.8 Å². The van der Waals surface area contributed by atoms with Crippen LogP contribution in [0.25, 0.3) is 0 Å². The van der Waals surface area contributed by atoms with E-state index >= 15 is 0 Å². The van der Waals surface area contributed by atoms with Crippen molar-refractivity contribution in [1.29, 1.82) is 0 Å². The van der Waals surface area contributed by atoms with E-state index in [2.05, 4.69) is 10.6 Å². The third-order valence-electron chi connectivity index (χ3n) is 3.45. The molecule has 2 aromatic rings. The zero-order chi connectivity index (χ0) is 18.2. The van der Waals surface area contributed by atoms with Crippen molar-refractivity contribution in [1.82, 2.24) is 5.32 Å². The number of hydrogen-bond acceptors (Lipinski definition) is 5. The van der Waals surface area contributed by atoms with Crippen LogP contribution < -0.4 is 10.6 Å². The number of halogens is 1. The van der Waals surface area contributed by atoms with Gasteiger partial charge in [0, 0.05) is 38.0 Å². The van der Waals surface area contributed by atoms with Gasteiger partial charge in [-0.2, -0.15) is 0 Å². The van der Waals surface area contributed by atoms with E-state index in [1.807, 2.05) is 0 Å². The summed E-state index contributed by atoms with van der Waals surface area (Å²) >= 11 is 0. The van der Waals surface area contributed by atoms with E-state index in [1.165, 1.54) is 30.3 Å². The molecule has 0 aromatic heterocycles. The van der Waals surface area contributed by atoms with Crippen molar-refractivity contribution < 1.29 is 18.8 Å². The summed E-state index contributed by atoms with van der Waals surface area (Å²) in [5.41, 5.74) is 1.17. The Morgan fingerprint density at radius 2 is 1.96 bits per heavy atom. The predicted molar refractivity (Wildman–Crippen MR) is 91.0 cm³/mol. The smallest absolute Gasteiger partial charge is 0.270 e. The van der Waals surface area contributed by atoms with E-state index in [-0.39, 0.29) is 23.6 Å². The molecular formula is C17H18FN3O4. The highest BCUT2D eigenvalue weighted by atomic mass is 19.1. The van der Waals surface area contributed by atoms with Crippen LogP contribution in [0.1, 0.15) is 15.9 Å². The molecule has 0 fully saturated rings. The molecule has 0 radical (unpaired) electrons. The standard InChI is InChI=1S/C17H18FN3O4/c1-25-9-8-19-16-7-6-14(21(23)24)10-15(16)17(22)20-11-12-2-4-13(18)5-3-12/h2-7,10,19H,8-9,11H2,1H3,(H,20,22). The first-order chi connectivity index (χ1) is 12.0. The fourth-order valence-electron chi connectivity index (χ4n) is 2.16. The number of amides is 1. The number of nitro groups is 1. The maximum absolute atomic E-state index is 12.9. The van der Waals surface area contributed by atoms with E-state index in [0.29, 0.717) is 24.4 Å². The minimum absolute atomic E-state index is 0.160. The Morgan fingerprint density at radius 1 is 1.24 bits per heavy atom. The number of ether oxygens (including phenoxy) is 1. The Bertz CT molecular complexity index is 750. The van der Waals surface area contributed by atoms with Gasteiger partial charge in [-0.25, -0.2) is 4.39 Å². The summed E-state index contributed by atoms with van der Waals surface area (Å²) in [4.78, 5) is 22.8. The van der Waals surface area contributed by atoms with Gasteiger partial charge in [0.2, 0.25) is 0 Å². The molecular weight excluding hydrogens is 329 g/mol. The molecule has 25 heavy (non-hydrogen) atoms. The summed E-state index contributed by atoms with van der Waals surface area (Å²) in [6.07, 6.45) is 0. The molecule has 2 N–H and O–H groups in total. The summed E-state index contributed by atoms with van der Waals surface area (Å²) in [5, 5.41) is 16.6. The normalized spacial score (nSPS) is 10.3. The van der Waals surface area contributed by atoms with Gasteiger partial charge < -0.3 is 15.4 Å². The molecule has 2 rings (SSSR count). The lowest BCUT2D eigenvalue weighted by Gasteiger charge is -2.12. The Balaban J connectivity index is 2.14. The molecule has 132 valence electrons. The third kappa shape index (κ3) is 5.25. The largest absolute Gasteiger partial charge is 0.383 e. The summed E-state index contributed by atoms with van der Waals surface area (Å²) in [6, 6.07) is 9.74. The molecule has 0 unspecified atom stereocenters. The Morgan fingerprint density at radius 3 is 2.60 bits per heavy atom. The fourth-order valence-corrected chi connectivity index (χ4v) is 2.16. The SMILES string of the molecule is COCCNc1ccc([N+](=O)[O-])cc1C(=O)NCc1ccc(F)cc1. The van der Waals surface area contributed by atoms with Crippen LogP contribution in [0.15, 0.2) is 42.5 Å². The average molecular weight is 347 g/mol. The zero-order valence-electron chi connectivity index (χ0n) is 13.6. The number of nitro benzene ring substituents is 1. The molecule has 8 heteroatoms. The second-order valence-corrected chi connectivity index (χ2v) is 5.22. The lowest BCUT2D eigenvalue weighted by atomic mass is 10.1. The Hall–Kier alpha value is -3.00. The highest BCUT2D eigenvalue weighted by Crippen LogP contribution is 2.22. The number of carbonyl (C=O) groups is 1. The summed E-state index contributed by atoms with van der Waals surface area (Å²) in [5.74, 6) is -0.827. The number of carbonyl (C=O) groups excluding carboxylic acids is 1. The van der Waals surface area contributed by atoms with Crippen LogP contribution in [0.4, 0.5) is 15.8 Å². The lowest BCUT2D eigenvalue weighted by molar-refractivity contribution is -0.384. The minimum atomic E-state index is -0.560. The summed E-state index contributed by atoms with van der Waals surface area (Å²) < 4.78 is 17.8. The molecule has 1 amide bonds. The van der Waals surface area contributed by atoms with Crippen molar-refractivity contribution in [2.24, 2.45) is 0 Å². The monoisotopic (exact) mass is 347 g/mol. The van der Waals surface area contributed by atoms with Crippen molar-refractivity contribution in [3.63, 3.8) is 0 Å². The van der Waals surface area contributed by atoms with E-state index in [9.17, 15) is 19.3 Å². The molecule has 0 aliphatic rings. The molecule has 0 saturated heterocycles. The van der Waals surface area contributed by atoms with Gasteiger partial charge in [0.1, 0.15) is 5.82 Å². The minimum Gasteiger partial charge on any atom is -0.383 e. The van der Waals surface area contributed by atoms with Gasteiger partial charge in [0.15, 0.2) is 0 Å². The summed E-state index contributed by atoms with van der Waals surface area (Å²) in [6.45, 7) is 1.06. The van der Waals surface area contributed by atoms with Crippen LogP contribution in [-0.2, 0) is 11.3 Å². The average Bonchev–Trinajstić information content (AvgIpc) is 2.61. The van der Waals surface area contributed by atoms with Gasteiger partial charge in [-0.1, -0.05) is 12.1 Å². The number of nitrogens with one attached hydrogen (secondary N) is 2. The van der Waals surface area contributed by atoms with Crippen molar-refractivity contribution in [2.45, 2.75) is 6.54 Å². The van der Waals surface area contributed by atoms with Gasteiger partial charge in [0.05, 0.1) is 17.1 Å². The van der Waals surface area contributed by atoms with Crippen LogP contribution in [0.2, 0.25) is 0 Å². The van der Waals surface area contributed by atoms with Gasteiger partial charge in [-0.3, -0.25) is 14.9 Å². The molecule has 7 nitrogen and oxygen atoms in total. The second kappa shape index (κ2) is 8.74. The first-order valence-corrected chi connectivity index (χ1v) is 7.55. The number of rotatable bonds is 8. The van der Waals surface area contributed by atoms with E-state index in [4.69, 9.17) is 4.74 Å². The Labute approximate surface area is 144 Å². The van der Waals surface area contributed by atoms with Crippen LogP contribution in [0.3, 0.4) is 0 Å². The summed E-state index contributed by atoms with van der Waals surface area (Å²) in [7, 11) is 1.55. The van der Waals surface area contributed by atoms with Crippen LogP contribution in [0, 0.1) is 15.9 Å². The maximum atomic E-state index is 12.9. The molecule has 0 spiro atoms. The number of methoxy groups -OCH3 is 1. The molecule has 0 aliphatic heterocycles. The molecule has 0 bridgehead atoms. The van der Waals surface area contributed by atoms with Gasteiger partial charge in [-0.05, 0) is 23.8 Å². The topological polar surface area (TPSA) is 93.5 Å². The molecule has 0 saturated carbocycles. The first-order valence-electron chi connectivity index (χ1n) is 7.55. The molecule has 0 atom stereocenters. The van der Waals surface area contributed by atoms with Crippen molar-refractivity contribution in [3.8, 4) is 0 Å². The quantitative estimate of drug-likeness (QED) is 0.435. The predicted octanol–water partition coefficient (Wildman–Crippen LogP) is 2.72. The molecule has 0 aliphatic carbocycles. The number of benzene rings is 2. The number of hydrogen-bond donors (Lipinski definition) is 2. The number of non-ortho nitro benzene ring substituents is 1. The number of anilines is 1.